The van der Waals surface area contributed by atoms with E-state index in [0.29, 0.717) is 22.6 Å². The molecule has 0 aliphatic rings. The number of aromatic nitrogens is 1. The molecule has 0 bridgehead atoms. The van der Waals surface area contributed by atoms with Crippen LogP contribution in [0.1, 0.15) is 15.9 Å². The first kappa shape index (κ1) is 16.7. The van der Waals surface area contributed by atoms with E-state index in [0.717, 1.165) is 10.2 Å². The molecule has 0 saturated heterocycles. The lowest BCUT2D eigenvalue weighted by Crippen LogP contribution is -2.12. The van der Waals surface area contributed by atoms with Crippen molar-refractivity contribution in [2.24, 2.45) is 0 Å². The molecule has 3 aromatic rings. The van der Waals surface area contributed by atoms with Crippen LogP contribution < -0.4 is 10.6 Å². The third-order valence-corrected chi connectivity index (χ3v) is 3.86. The molecule has 1 heterocycles. The number of halogens is 1. The Labute approximate surface area is 153 Å². The van der Waals surface area contributed by atoms with Crippen molar-refractivity contribution in [1.29, 1.82) is 5.26 Å². The number of nitriles is 1. The van der Waals surface area contributed by atoms with Crippen LogP contribution in [-0.4, -0.2) is 10.9 Å². The van der Waals surface area contributed by atoms with Gasteiger partial charge in [-0.05, 0) is 48.5 Å². The number of carbonyl (C=O) groups is 1. The Bertz CT molecular complexity index is 965. The number of nitrogens with one attached hydrogen (secondary N) is 2. The lowest BCUT2D eigenvalue weighted by atomic mass is 10.2. The fourth-order valence-electron chi connectivity index (χ4n) is 2.22. The smallest absolute Gasteiger partial charge is 0.255 e. The molecular weight excluding hydrogens is 380 g/mol. The van der Waals surface area contributed by atoms with E-state index >= 15 is 0 Å². The van der Waals surface area contributed by atoms with Crippen LogP contribution >= 0.6 is 15.9 Å². The number of rotatable bonds is 4. The van der Waals surface area contributed by atoms with Crippen molar-refractivity contribution < 1.29 is 4.79 Å². The van der Waals surface area contributed by atoms with Gasteiger partial charge >= 0.3 is 0 Å². The second kappa shape index (κ2) is 7.60. The van der Waals surface area contributed by atoms with Gasteiger partial charge in [-0.2, -0.15) is 5.26 Å². The summed E-state index contributed by atoms with van der Waals surface area (Å²) >= 11 is 3.37. The minimum absolute atomic E-state index is 0.227. The van der Waals surface area contributed by atoms with Gasteiger partial charge in [0.25, 0.3) is 5.91 Å². The molecule has 0 spiro atoms. The molecule has 0 unspecified atom stereocenters. The standard InChI is InChI=1S/C19H13BrN4O/c20-15-4-2-6-17(11-15)24-19(25)14-7-8-22-18(10-14)23-16-5-1-3-13(9-16)12-21/h1-11H,(H,22,23)(H,24,25). The Kier molecular flexibility index (Phi) is 5.07. The lowest BCUT2D eigenvalue weighted by molar-refractivity contribution is 0.102. The van der Waals surface area contributed by atoms with Crippen LogP contribution in [0.5, 0.6) is 0 Å². The molecule has 1 amide bonds. The molecule has 122 valence electrons. The van der Waals surface area contributed by atoms with Crippen LogP contribution in [-0.2, 0) is 0 Å². The summed E-state index contributed by atoms with van der Waals surface area (Å²) in [5.74, 6) is 0.298. The molecule has 1 aromatic heterocycles. The summed E-state index contributed by atoms with van der Waals surface area (Å²) in [4.78, 5) is 16.6. The van der Waals surface area contributed by atoms with Crippen molar-refractivity contribution in [2.45, 2.75) is 0 Å². The predicted octanol–water partition coefficient (Wildman–Crippen LogP) is 4.71. The maximum atomic E-state index is 12.4. The highest BCUT2D eigenvalue weighted by molar-refractivity contribution is 9.10. The van der Waals surface area contributed by atoms with E-state index in [1.54, 1.807) is 36.5 Å². The number of carbonyl (C=O) groups excluding carboxylic acids is 1. The minimum Gasteiger partial charge on any atom is -0.340 e. The topological polar surface area (TPSA) is 77.8 Å². The van der Waals surface area contributed by atoms with Crippen LogP contribution in [0, 0.1) is 11.3 Å². The quantitative estimate of drug-likeness (QED) is 0.673. The molecule has 5 nitrogen and oxygen atoms in total. The summed E-state index contributed by atoms with van der Waals surface area (Å²) in [6.07, 6.45) is 1.56. The van der Waals surface area contributed by atoms with E-state index < -0.39 is 0 Å². The molecule has 0 radical (unpaired) electrons. The van der Waals surface area contributed by atoms with Crippen LogP contribution in [0.2, 0.25) is 0 Å². The number of pyridine rings is 1. The van der Waals surface area contributed by atoms with E-state index in [-0.39, 0.29) is 5.91 Å². The highest BCUT2D eigenvalue weighted by Crippen LogP contribution is 2.19. The highest BCUT2D eigenvalue weighted by atomic mass is 79.9. The molecule has 0 aliphatic heterocycles. The minimum atomic E-state index is -0.227. The molecule has 2 N–H and O–H groups in total. The zero-order chi connectivity index (χ0) is 17.6. The van der Waals surface area contributed by atoms with Gasteiger partial charge in [-0.15, -0.1) is 0 Å². The molecule has 0 saturated carbocycles. The Morgan fingerprint density at radius 1 is 1.04 bits per heavy atom. The van der Waals surface area contributed by atoms with E-state index in [1.165, 1.54) is 0 Å². The van der Waals surface area contributed by atoms with Crippen molar-refractivity contribution in [3.8, 4) is 6.07 Å². The molecular formula is C19H13BrN4O. The van der Waals surface area contributed by atoms with Crippen molar-refractivity contribution in [3.63, 3.8) is 0 Å². The van der Waals surface area contributed by atoms with Crippen LogP contribution in [0.15, 0.2) is 71.3 Å². The fourth-order valence-corrected chi connectivity index (χ4v) is 2.62. The summed E-state index contributed by atoms with van der Waals surface area (Å²) < 4.78 is 0.889. The van der Waals surface area contributed by atoms with E-state index in [9.17, 15) is 4.79 Å². The lowest BCUT2D eigenvalue weighted by Gasteiger charge is -2.09. The maximum absolute atomic E-state index is 12.4. The van der Waals surface area contributed by atoms with Crippen LogP contribution in [0.4, 0.5) is 17.2 Å². The predicted molar refractivity (Wildman–Crippen MR) is 101 cm³/mol. The second-order valence-corrected chi connectivity index (χ2v) is 6.13. The number of hydrogen-bond acceptors (Lipinski definition) is 4. The van der Waals surface area contributed by atoms with Crippen molar-refractivity contribution in [3.05, 3.63) is 82.5 Å². The van der Waals surface area contributed by atoms with Crippen LogP contribution in [0.25, 0.3) is 0 Å². The number of amides is 1. The first-order valence-corrected chi connectivity index (χ1v) is 8.23. The van der Waals surface area contributed by atoms with E-state index in [4.69, 9.17) is 5.26 Å². The first-order valence-electron chi connectivity index (χ1n) is 7.44. The normalized spacial score (nSPS) is 9.92. The van der Waals surface area contributed by atoms with Crippen molar-refractivity contribution >= 4 is 39.0 Å². The fraction of sp³-hybridized carbons (Fsp3) is 0. The molecule has 0 fully saturated rings. The summed E-state index contributed by atoms with van der Waals surface area (Å²) in [6, 6.07) is 19.8. The summed E-state index contributed by atoms with van der Waals surface area (Å²) in [5, 5.41) is 14.9. The van der Waals surface area contributed by atoms with Gasteiger partial charge in [-0.25, -0.2) is 4.98 Å². The van der Waals surface area contributed by atoms with Gasteiger partial charge in [-0.1, -0.05) is 28.1 Å². The number of hydrogen-bond donors (Lipinski definition) is 2. The second-order valence-electron chi connectivity index (χ2n) is 5.21. The van der Waals surface area contributed by atoms with Gasteiger partial charge in [0.1, 0.15) is 5.82 Å². The maximum Gasteiger partial charge on any atom is 0.255 e. The first-order chi connectivity index (χ1) is 12.1. The third kappa shape index (κ3) is 4.43. The third-order valence-electron chi connectivity index (χ3n) is 3.37. The largest absolute Gasteiger partial charge is 0.340 e. The summed E-state index contributed by atoms with van der Waals surface area (Å²) in [7, 11) is 0. The van der Waals surface area contributed by atoms with Gasteiger partial charge in [-0.3, -0.25) is 4.79 Å². The van der Waals surface area contributed by atoms with Gasteiger partial charge in [0.05, 0.1) is 11.6 Å². The van der Waals surface area contributed by atoms with Crippen molar-refractivity contribution in [2.75, 3.05) is 10.6 Å². The zero-order valence-electron chi connectivity index (χ0n) is 13.0. The van der Waals surface area contributed by atoms with Crippen molar-refractivity contribution in [1.82, 2.24) is 4.98 Å². The Hall–Kier alpha value is -3.17. The molecule has 0 aliphatic carbocycles. The molecule has 0 atom stereocenters. The average molecular weight is 393 g/mol. The number of anilines is 3. The van der Waals surface area contributed by atoms with Gasteiger partial charge in [0.2, 0.25) is 0 Å². The average Bonchev–Trinajstić information content (AvgIpc) is 2.62. The highest BCUT2D eigenvalue weighted by Gasteiger charge is 2.08. The molecule has 2 aromatic carbocycles. The zero-order valence-corrected chi connectivity index (χ0v) is 14.6. The van der Waals surface area contributed by atoms with Gasteiger partial charge in [0.15, 0.2) is 0 Å². The summed E-state index contributed by atoms with van der Waals surface area (Å²) in [5.41, 5.74) is 2.46. The van der Waals surface area contributed by atoms with E-state index in [1.807, 2.05) is 30.3 Å². The summed E-state index contributed by atoms with van der Waals surface area (Å²) in [6.45, 7) is 0. The number of nitrogens with zero attached hydrogens (tertiary/aromatic N) is 2. The molecule has 25 heavy (non-hydrogen) atoms. The molecule has 3 rings (SSSR count). The van der Waals surface area contributed by atoms with Gasteiger partial charge in [0, 0.05) is 27.6 Å². The SMILES string of the molecule is N#Cc1cccc(Nc2cc(C(=O)Nc3cccc(Br)c3)ccn2)c1. The Morgan fingerprint density at radius 3 is 2.64 bits per heavy atom. The van der Waals surface area contributed by atoms with E-state index in [2.05, 4.69) is 37.6 Å². The Balaban J connectivity index is 1.76. The monoisotopic (exact) mass is 392 g/mol. The number of benzene rings is 2. The Morgan fingerprint density at radius 2 is 1.84 bits per heavy atom. The molecule has 6 heteroatoms. The van der Waals surface area contributed by atoms with Crippen LogP contribution in [0.3, 0.4) is 0 Å². The van der Waals surface area contributed by atoms with Gasteiger partial charge < -0.3 is 10.6 Å².